The van der Waals surface area contributed by atoms with E-state index in [9.17, 15) is 14.4 Å². The Morgan fingerprint density at radius 1 is 1.21 bits per heavy atom. The minimum absolute atomic E-state index is 0.00536. The number of carbonyl (C=O) groups excluding carboxylic acids is 3. The Hall–Kier alpha value is -2.57. The van der Waals surface area contributed by atoms with Crippen LogP contribution in [0.5, 0.6) is 0 Å². The first-order valence-electron chi connectivity index (χ1n) is 9.67. The van der Waals surface area contributed by atoms with Crippen LogP contribution in [0.25, 0.3) is 0 Å². The molecule has 2 aliphatic heterocycles. The van der Waals surface area contributed by atoms with Gasteiger partial charge in [-0.1, -0.05) is 37.3 Å². The summed E-state index contributed by atoms with van der Waals surface area (Å²) in [5, 5.41) is 0. The van der Waals surface area contributed by atoms with Gasteiger partial charge in [0.25, 0.3) is 0 Å². The quantitative estimate of drug-likeness (QED) is 0.792. The van der Waals surface area contributed by atoms with Crippen LogP contribution >= 0.6 is 0 Å². The van der Waals surface area contributed by atoms with Crippen molar-refractivity contribution in [2.24, 2.45) is 11.8 Å². The highest BCUT2D eigenvalue weighted by Gasteiger charge is 2.45. The second kappa shape index (κ2) is 7.81. The Balaban J connectivity index is 1.58. The van der Waals surface area contributed by atoms with Gasteiger partial charge in [0, 0.05) is 24.9 Å². The van der Waals surface area contributed by atoms with Gasteiger partial charge < -0.3 is 14.4 Å². The van der Waals surface area contributed by atoms with Crippen molar-refractivity contribution in [3.05, 3.63) is 35.9 Å². The summed E-state index contributed by atoms with van der Waals surface area (Å²) >= 11 is 0. The highest BCUT2D eigenvalue weighted by molar-refractivity contribution is 5.95. The molecular weight excluding hydrogens is 360 g/mol. The van der Waals surface area contributed by atoms with Crippen LogP contribution in [0.1, 0.15) is 33.3 Å². The molecule has 3 amide bonds. The molecule has 7 nitrogen and oxygen atoms in total. The smallest absolute Gasteiger partial charge is 0.416 e. The van der Waals surface area contributed by atoms with Crippen LogP contribution in [-0.4, -0.2) is 59.2 Å². The molecule has 0 aromatic heterocycles. The second-order valence-corrected chi connectivity index (χ2v) is 8.56. The van der Waals surface area contributed by atoms with Gasteiger partial charge in [0.15, 0.2) is 0 Å². The molecule has 0 spiro atoms. The minimum Gasteiger partial charge on any atom is -0.447 e. The third-order valence-electron chi connectivity index (χ3n) is 5.17. The van der Waals surface area contributed by atoms with Crippen molar-refractivity contribution in [2.75, 3.05) is 19.7 Å². The Morgan fingerprint density at radius 3 is 2.46 bits per heavy atom. The lowest BCUT2D eigenvalue weighted by Crippen LogP contribution is -2.56. The van der Waals surface area contributed by atoms with Crippen LogP contribution in [0.3, 0.4) is 0 Å². The molecule has 0 radical (unpaired) electrons. The van der Waals surface area contributed by atoms with Crippen molar-refractivity contribution >= 4 is 18.1 Å². The number of carbonyl (C=O) groups is 3. The third-order valence-corrected chi connectivity index (χ3v) is 5.17. The molecule has 2 atom stereocenters. The first kappa shape index (κ1) is 20.2. The summed E-state index contributed by atoms with van der Waals surface area (Å²) in [5.41, 5.74) is 0.504. The minimum atomic E-state index is -0.582. The van der Waals surface area contributed by atoms with Gasteiger partial charge in [-0.25, -0.2) is 14.5 Å². The summed E-state index contributed by atoms with van der Waals surface area (Å²) in [6.45, 7) is 8.38. The predicted molar refractivity (Wildman–Crippen MR) is 103 cm³/mol. The number of hydrogen-bond donors (Lipinski definition) is 0. The van der Waals surface area contributed by atoms with Gasteiger partial charge in [0.1, 0.15) is 12.2 Å². The lowest BCUT2D eigenvalue weighted by molar-refractivity contribution is -0.136. The zero-order valence-electron chi connectivity index (χ0n) is 16.9. The molecule has 1 aromatic carbocycles. The second-order valence-electron chi connectivity index (χ2n) is 8.56. The van der Waals surface area contributed by atoms with E-state index in [-0.39, 0.29) is 36.5 Å². The molecule has 3 rings (SSSR count). The van der Waals surface area contributed by atoms with E-state index < -0.39 is 11.7 Å². The molecule has 0 N–H and O–H groups in total. The number of likely N-dealkylation sites (tertiary alicyclic amines) is 1. The molecule has 152 valence electrons. The number of nitrogens with zero attached hydrogens (tertiary/aromatic N) is 2. The highest BCUT2D eigenvalue weighted by Crippen LogP contribution is 2.29. The molecule has 0 saturated carbocycles. The van der Waals surface area contributed by atoms with Crippen LogP contribution in [0, 0.1) is 11.8 Å². The van der Waals surface area contributed by atoms with Crippen molar-refractivity contribution < 1.29 is 23.9 Å². The van der Waals surface area contributed by atoms with E-state index in [0.717, 1.165) is 5.56 Å². The maximum absolute atomic E-state index is 13.0. The number of amides is 3. The molecule has 2 fully saturated rings. The van der Waals surface area contributed by atoms with Crippen molar-refractivity contribution in [1.82, 2.24) is 9.80 Å². The largest absolute Gasteiger partial charge is 0.447 e. The van der Waals surface area contributed by atoms with E-state index in [1.165, 1.54) is 4.90 Å². The number of imide groups is 1. The summed E-state index contributed by atoms with van der Waals surface area (Å²) in [5.74, 6) is -0.606. The summed E-state index contributed by atoms with van der Waals surface area (Å²) in [4.78, 5) is 40.1. The number of hydrogen-bond acceptors (Lipinski definition) is 5. The van der Waals surface area contributed by atoms with E-state index in [1.54, 1.807) is 4.90 Å². The first-order valence-corrected chi connectivity index (χ1v) is 9.67. The number of cyclic esters (lactones) is 1. The summed E-state index contributed by atoms with van der Waals surface area (Å²) < 4.78 is 10.5. The lowest BCUT2D eigenvalue weighted by Gasteiger charge is -2.42. The summed E-state index contributed by atoms with van der Waals surface area (Å²) in [7, 11) is 0. The average molecular weight is 388 g/mol. The van der Waals surface area contributed by atoms with E-state index in [4.69, 9.17) is 9.47 Å². The SMILES string of the molecule is C[C@@H](C(=O)N1C(=O)OC[C@@H]1Cc1ccccc1)C1CN(C(=O)OC(C)(C)C)C1. The Labute approximate surface area is 165 Å². The first-order chi connectivity index (χ1) is 13.2. The summed E-state index contributed by atoms with van der Waals surface area (Å²) in [6, 6.07) is 9.44. The molecule has 2 heterocycles. The fourth-order valence-electron chi connectivity index (χ4n) is 3.49. The van der Waals surface area contributed by atoms with E-state index in [2.05, 4.69) is 0 Å². The van der Waals surface area contributed by atoms with Gasteiger partial charge >= 0.3 is 12.2 Å². The normalized spacial score (nSPS) is 21.1. The van der Waals surface area contributed by atoms with Crippen LogP contribution in [0.2, 0.25) is 0 Å². The maximum Gasteiger partial charge on any atom is 0.416 e. The standard InChI is InChI=1S/C21H28N2O5/c1-14(16-11-22(12-16)19(25)28-21(2,3)4)18(24)23-17(13-27-20(23)26)10-15-8-6-5-7-9-15/h5-9,14,16-17H,10-13H2,1-4H3/t14-,17+/m1/s1. The van der Waals surface area contributed by atoms with Crippen molar-refractivity contribution in [2.45, 2.75) is 45.8 Å². The molecule has 2 saturated heterocycles. The number of ether oxygens (including phenoxy) is 2. The predicted octanol–water partition coefficient (Wildman–Crippen LogP) is 3.08. The van der Waals surface area contributed by atoms with Gasteiger partial charge in [-0.15, -0.1) is 0 Å². The van der Waals surface area contributed by atoms with Crippen molar-refractivity contribution in [3.63, 3.8) is 0 Å². The van der Waals surface area contributed by atoms with Gasteiger partial charge in [-0.05, 0) is 32.8 Å². The van der Waals surface area contributed by atoms with Gasteiger partial charge in [-0.2, -0.15) is 0 Å². The number of benzene rings is 1. The van der Waals surface area contributed by atoms with Gasteiger partial charge in [0.2, 0.25) is 5.91 Å². The Bertz CT molecular complexity index is 737. The van der Waals surface area contributed by atoms with Crippen molar-refractivity contribution in [3.8, 4) is 0 Å². The number of rotatable bonds is 4. The van der Waals surface area contributed by atoms with Crippen LogP contribution in [-0.2, 0) is 20.7 Å². The van der Waals surface area contributed by atoms with Gasteiger partial charge in [-0.3, -0.25) is 4.79 Å². The van der Waals surface area contributed by atoms with Crippen LogP contribution < -0.4 is 0 Å². The fourth-order valence-corrected chi connectivity index (χ4v) is 3.49. The molecule has 0 bridgehead atoms. The van der Waals surface area contributed by atoms with E-state index >= 15 is 0 Å². The van der Waals surface area contributed by atoms with Crippen LogP contribution in [0.4, 0.5) is 9.59 Å². The molecule has 0 aliphatic carbocycles. The molecular formula is C21H28N2O5. The fraction of sp³-hybridized carbons (Fsp3) is 0.571. The third kappa shape index (κ3) is 4.46. The molecule has 28 heavy (non-hydrogen) atoms. The molecule has 2 aliphatic rings. The van der Waals surface area contributed by atoms with Crippen LogP contribution in [0.15, 0.2) is 30.3 Å². The highest BCUT2D eigenvalue weighted by atomic mass is 16.6. The Morgan fingerprint density at radius 2 is 1.86 bits per heavy atom. The van der Waals surface area contributed by atoms with E-state index in [0.29, 0.717) is 19.5 Å². The molecule has 1 aromatic rings. The van der Waals surface area contributed by atoms with E-state index in [1.807, 2.05) is 58.0 Å². The van der Waals surface area contributed by atoms with Gasteiger partial charge in [0.05, 0.1) is 6.04 Å². The topological polar surface area (TPSA) is 76.2 Å². The monoisotopic (exact) mass is 388 g/mol. The Kier molecular flexibility index (Phi) is 5.63. The zero-order valence-corrected chi connectivity index (χ0v) is 16.9. The lowest BCUT2D eigenvalue weighted by atomic mass is 9.86. The maximum atomic E-state index is 13.0. The zero-order chi connectivity index (χ0) is 20.5. The molecule has 7 heteroatoms. The molecule has 0 unspecified atom stereocenters. The average Bonchev–Trinajstić information content (AvgIpc) is 2.92. The van der Waals surface area contributed by atoms with Crippen molar-refractivity contribution in [1.29, 1.82) is 0 Å². The summed E-state index contributed by atoms with van der Waals surface area (Å²) in [6.07, 6.45) is -0.383.